The van der Waals surface area contributed by atoms with E-state index in [1.165, 1.54) is 64.6 Å². The average Bonchev–Trinajstić information content (AvgIpc) is 2.71. The molecule has 6 heteroatoms. The monoisotopic (exact) mass is 424 g/mol. The molecule has 0 aromatic carbocycles. The van der Waals surface area contributed by atoms with Gasteiger partial charge >= 0.3 is 17.9 Å². The third-order valence-electron chi connectivity index (χ3n) is 4.18. The van der Waals surface area contributed by atoms with Crippen LogP contribution >= 0.6 is 0 Å². The van der Waals surface area contributed by atoms with Crippen molar-refractivity contribution >= 4 is 17.9 Å². The van der Waals surface area contributed by atoms with Crippen molar-refractivity contribution in [2.75, 3.05) is 13.7 Å². The molecule has 30 heavy (non-hydrogen) atoms. The predicted octanol–water partition coefficient (Wildman–Crippen LogP) is 5.77. The smallest absolute Gasteiger partial charge is 0.333 e. The molecule has 0 saturated heterocycles. The highest BCUT2D eigenvalue weighted by atomic mass is 16.5. The molecule has 0 radical (unpaired) electrons. The number of unbranched alkanes of at least 4 members (excludes halogenated alkanes) is 9. The Morgan fingerprint density at radius 2 is 1.37 bits per heavy atom. The van der Waals surface area contributed by atoms with Crippen molar-refractivity contribution in [1.82, 2.24) is 0 Å². The Labute approximate surface area is 182 Å². The molecule has 0 unspecified atom stereocenters. The second-order valence-electron chi connectivity index (χ2n) is 7.14. The SMILES string of the molecule is C=C(C)C(=O)OC.C=C(CC=CC(=O)O)C(=O)OCCCCCCCCCCCC. The Morgan fingerprint density at radius 3 is 1.77 bits per heavy atom. The van der Waals surface area contributed by atoms with Crippen LogP contribution in [0.5, 0.6) is 0 Å². The lowest BCUT2D eigenvalue weighted by Gasteiger charge is -2.06. The molecule has 1 N–H and O–H groups in total. The molecule has 0 heterocycles. The molecule has 0 spiro atoms. The quantitative estimate of drug-likeness (QED) is 0.192. The number of carboxylic acid groups (broad SMARTS) is 1. The summed E-state index contributed by atoms with van der Waals surface area (Å²) in [5, 5.41) is 8.45. The number of allylic oxidation sites excluding steroid dienone is 1. The largest absolute Gasteiger partial charge is 0.478 e. The van der Waals surface area contributed by atoms with Gasteiger partial charge in [0.2, 0.25) is 0 Å². The summed E-state index contributed by atoms with van der Waals surface area (Å²) in [4.78, 5) is 32.1. The second kappa shape index (κ2) is 21.3. The number of carbonyl (C=O) groups is 3. The van der Waals surface area contributed by atoms with E-state index >= 15 is 0 Å². The predicted molar refractivity (Wildman–Crippen MR) is 120 cm³/mol. The topological polar surface area (TPSA) is 89.9 Å². The first-order chi connectivity index (χ1) is 14.3. The van der Waals surface area contributed by atoms with Crippen LogP contribution in [-0.2, 0) is 23.9 Å². The maximum atomic E-state index is 11.6. The van der Waals surface area contributed by atoms with Gasteiger partial charge in [0, 0.05) is 17.2 Å². The molecule has 172 valence electrons. The van der Waals surface area contributed by atoms with Gasteiger partial charge in [-0.15, -0.1) is 0 Å². The van der Waals surface area contributed by atoms with E-state index in [2.05, 4.69) is 24.8 Å². The number of hydrogen-bond acceptors (Lipinski definition) is 5. The lowest BCUT2D eigenvalue weighted by Crippen LogP contribution is -2.08. The lowest BCUT2D eigenvalue weighted by atomic mass is 10.1. The molecule has 0 aliphatic heterocycles. The van der Waals surface area contributed by atoms with E-state index in [1.54, 1.807) is 6.92 Å². The minimum atomic E-state index is -1.03. The van der Waals surface area contributed by atoms with E-state index in [0.717, 1.165) is 18.9 Å². The first kappa shape index (κ1) is 29.8. The number of aliphatic carboxylic acids is 1. The maximum Gasteiger partial charge on any atom is 0.333 e. The number of methoxy groups -OCH3 is 1. The van der Waals surface area contributed by atoms with E-state index in [-0.39, 0.29) is 18.0 Å². The summed E-state index contributed by atoms with van der Waals surface area (Å²) in [6.45, 7) is 11.2. The van der Waals surface area contributed by atoms with E-state index in [9.17, 15) is 14.4 Å². The summed E-state index contributed by atoms with van der Waals surface area (Å²) in [6, 6.07) is 0. The van der Waals surface area contributed by atoms with Crippen LogP contribution in [0.4, 0.5) is 0 Å². The molecule has 0 amide bonds. The zero-order chi connectivity index (χ0) is 23.2. The van der Waals surface area contributed by atoms with Crippen molar-refractivity contribution in [2.45, 2.75) is 84.5 Å². The molecule has 6 nitrogen and oxygen atoms in total. The van der Waals surface area contributed by atoms with Crippen LogP contribution in [0.1, 0.15) is 84.5 Å². The minimum absolute atomic E-state index is 0.211. The van der Waals surface area contributed by atoms with Crippen LogP contribution in [0.2, 0.25) is 0 Å². The van der Waals surface area contributed by atoms with Gasteiger partial charge in [-0.1, -0.05) is 83.9 Å². The van der Waals surface area contributed by atoms with Crippen LogP contribution in [0.15, 0.2) is 36.5 Å². The van der Waals surface area contributed by atoms with Gasteiger partial charge < -0.3 is 14.6 Å². The van der Waals surface area contributed by atoms with Crippen LogP contribution in [0.25, 0.3) is 0 Å². The molecule has 0 aromatic rings. The highest BCUT2D eigenvalue weighted by Gasteiger charge is 2.06. The zero-order valence-electron chi connectivity index (χ0n) is 19.0. The molecule has 0 aliphatic rings. The van der Waals surface area contributed by atoms with Gasteiger partial charge in [0.25, 0.3) is 0 Å². The van der Waals surface area contributed by atoms with Crippen LogP contribution in [-0.4, -0.2) is 36.7 Å². The van der Waals surface area contributed by atoms with Crippen molar-refractivity contribution < 1.29 is 29.0 Å². The van der Waals surface area contributed by atoms with Crippen LogP contribution in [0, 0.1) is 0 Å². The van der Waals surface area contributed by atoms with Crippen molar-refractivity contribution in [3.63, 3.8) is 0 Å². The van der Waals surface area contributed by atoms with Gasteiger partial charge in [-0.05, 0) is 19.8 Å². The van der Waals surface area contributed by atoms with Gasteiger partial charge in [-0.25, -0.2) is 14.4 Å². The number of carbonyl (C=O) groups excluding carboxylic acids is 2. The first-order valence-electron chi connectivity index (χ1n) is 10.7. The number of rotatable bonds is 16. The molecule has 0 bridgehead atoms. The summed E-state index contributed by atoms with van der Waals surface area (Å²) in [5.74, 6) is -1.81. The Hall–Kier alpha value is -2.37. The Morgan fingerprint density at radius 1 is 0.867 bits per heavy atom. The second-order valence-corrected chi connectivity index (χ2v) is 7.14. The summed E-state index contributed by atoms with van der Waals surface area (Å²) >= 11 is 0. The Kier molecular flexibility index (Phi) is 21.2. The molecular formula is C24H40O6. The highest BCUT2D eigenvalue weighted by Crippen LogP contribution is 2.11. The summed E-state index contributed by atoms with van der Waals surface area (Å²) < 4.78 is 9.39. The fourth-order valence-electron chi connectivity index (χ4n) is 2.42. The number of ether oxygens (including phenoxy) is 2. The first-order valence-corrected chi connectivity index (χ1v) is 10.7. The van der Waals surface area contributed by atoms with Gasteiger partial charge in [0.15, 0.2) is 0 Å². The van der Waals surface area contributed by atoms with Crippen LogP contribution < -0.4 is 0 Å². The minimum Gasteiger partial charge on any atom is -0.478 e. The molecule has 0 atom stereocenters. The molecule has 0 aliphatic carbocycles. The van der Waals surface area contributed by atoms with Gasteiger partial charge in [0.1, 0.15) is 0 Å². The van der Waals surface area contributed by atoms with E-state index in [4.69, 9.17) is 9.84 Å². The number of carboxylic acids is 1. The maximum absolute atomic E-state index is 11.6. The number of hydrogen-bond donors (Lipinski definition) is 1. The fourth-order valence-corrected chi connectivity index (χ4v) is 2.42. The van der Waals surface area contributed by atoms with Gasteiger partial charge in [-0.3, -0.25) is 0 Å². The van der Waals surface area contributed by atoms with Crippen molar-refractivity contribution in [3.8, 4) is 0 Å². The molecular weight excluding hydrogens is 384 g/mol. The van der Waals surface area contributed by atoms with E-state index < -0.39 is 11.9 Å². The Balaban J connectivity index is 0. The Bertz CT molecular complexity index is 548. The van der Waals surface area contributed by atoms with E-state index in [1.807, 2.05) is 0 Å². The normalized spacial score (nSPS) is 10.1. The molecule has 0 saturated carbocycles. The number of esters is 2. The third kappa shape index (κ3) is 21.9. The van der Waals surface area contributed by atoms with E-state index in [0.29, 0.717) is 12.2 Å². The molecule has 0 aromatic heterocycles. The fraction of sp³-hybridized carbons (Fsp3) is 0.625. The molecule has 0 fully saturated rings. The average molecular weight is 425 g/mol. The lowest BCUT2D eigenvalue weighted by molar-refractivity contribution is -0.139. The summed E-state index contributed by atoms with van der Waals surface area (Å²) in [6.07, 6.45) is 15.0. The van der Waals surface area contributed by atoms with Gasteiger partial charge in [0.05, 0.1) is 13.7 Å². The van der Waals surface area contributed by atoms with Crippen molar-refractivity contribution in [1.29, 1.82) is 0 Å². The standard InChI is InChI=1S/C19H32O4.C5H8O2/c1-3-4-5-6-7-8-9-10-11-12-16-23-19(22)17(2)14-13-15-18(20)21;1-4(2)5(6)7-3/h13,15H,2-12,14,16H2,1H3,(H,20,21);1H2,2-3H3. The van der Waals surface area contributed by atoms with Crippen molar-refractivity contribution in [3.05, 3.63) is 36.5 Å². The zero-order valence-corrected chi connectivity index (χ0v) is 19.0. The summed E-state index contributed by atoms with van der Waals surface area (Å²) in [7, 11) is 1.33. The molecule has 0 rings (SSSR count). The third-order valence-corrected chi connectivity index (χ3v) is 4.18. The van der Waals surface area contributed by atoms with Crippen molar-refractivity contribution in [2.24, 2.45) is 0 Å². The summed E-state index contributed by atoms with van der Waals surface area (Å²) in [5.41, 5.74) is 0.720. The van der Waals surface area contributed by atoms with Crippen LogP contribution in [0.3, 0.4) is 0 Å². The van der Waals surface area contributed by atoms with Gasteiger partial charge in [-0.2, -0.15) is 0 Å². The highest BCUT2D eigenvalue weighted by molar-refractivity contribution is 5.88.